The normalized spacial score (nSPS) is 9.91. The van der Waals surface area contributed by atoms with Crippen LogP contribution in [0.2, 0.25) is 157 Å². The van der Waals surface area contributed by atoms with Crippen molar-refractivity contribution in [3.05, 3.63) is 0 Å². The van der Waals surface area contributed by atoms with Gasteiger partial charge in [0, 0.05) is 60.7 Å². The summed E-state index contributed by atoms with van der Waals surface area (Å²) in [5.41, 5.74) is 0. The molecule has 0 rings (SSSR count). The van der Waals surface area contributed by atoms with Gasteiger partial charge in [-0.15, -0.1) is 0 Å². The van der Waals surface area contributed by atoms with Crippen molar-refractivity contribution in [3.63, 3.8) is 0 Å². The van der Waals surface area contributed by atoms with Crippen LogP contribution in [0, 0.1) is 0 Å². The SMILES string of the molecule is C.C.C.C.C.C.C.C.C.C.C.C.C.C.C[Si](C)(C)C.C[Si](C)(C)[Si](C)(C)C.C[Si](C)(C)[Si](C)(C)C.C[Si](C)(C)[Si](C)(C)[Si](C)(C)C. The van der Waals surface area contributed by atoms with Gasteiger partial charge in [-0.3, -0.25) is 0 Å². The van der Waals surface area contributed by atoms with E-state index in [1.807, 2.05) is 0 Å². The zero-order valence-electron chi connectivity index (χ0n) is 28.0. The smallest absolute Gasteiger partial charge is 0.0411 e. The molecule has 0 amide bonds. The van der Waals surface area contributed by atoms with Gasteiger partial charge in [0.1, 0.15) is 0 Å². The zero-order valence-corrected chi connectivity index (χ0v) is 36.0. The molecule has 312 valence electrons. The monoisotopic (exact) mass is 809 g/mol. The number of hydrogen-bond acceptors (Lipinski definition) is 0. The highest BCUT2D eigenvalue weighted by Gasteiger charge is 2.46. The highest BCUT2D eigenvalue weighted by Crippen LogP contribution is 2.28. The van der Waals surface area contributed by atoms with Crippen LogP contribution in [0.4, 0.5) is 0 Å². The van der Waals surface area contributed by atoms with E-state index in [1.54, 1.807) is 0 Å². The summed E-state index contributed by atoms with van der Waals surface area (Å²) in [5.74, 6) is 0. The highest BCUT2D eigenvalue weighted by atomic mass is 29.6. The fraction of sp³-hybridized carbons (Fsp3) is 1.00. The Morgan fingerprint density at radius 1 is 0.152 bits per heavy atom. The van der Waals surface area contributed by atoms with Gasteiger partial charge in [0.05, 0.1) is 0 Å². The van der Waals surface area contributed by atoms with Crippen LogP contribution < -0.4 is 0 Å². The molecule has 0 aliphatic carbocycles. The average molecular weight is 810 g/mol. The van der Waals surface area contributed by atoms with E-state index in [1.165, 1.54) is 0 Å². The van der Waals surface area contributed by atoms with Crippen molar-refractivity contribution in [1.82, 2.24) is 0 Å². The van der Waals surface area contributed by atoms with Crippen molar-refractivity contribution < 1.29 is 0 Å². The van der Waals surface area contributed by atoms with Gasteiger partial charge < -0.3 is 0 Å². The molecule has 0 saturated carbocycles. The van der Waals surface area contributed by atoms with Crippen LogP contribution in [0.5, 0.6) is 0 Å². The Labute approximate surface area is 320 Å². The third-order valence-corrected chi connectivity index (χ3v) is 87.8. The highest BCUT2D eigenvalue weighted by molar-refractivity contribution is 7.68. The molecule has 8 heteroatoms. The minimum Gasteiger partial charge on any atom is -0.0776 e. The van der Waals surface area contributed by atoms with E-state index < -0.39 is 60.7 Å². The van der Waals surface area contributed by atoms with Crippen LogP contribution in [-0.2, 0) is 0 Å². The quantitative estimate of drug-likeness (QED) is 0.248. The molecule has 0 heterocycles. The first-order valence-corrected chi connectivity index (χ1v) is 45.0. The standard InChI is InChI=1S/C8H24Si3.2C6H18Si2.C4H12Si.14CH4/c1-9(2,3)11(7,8)10(4,5)6;2*1-7(2,3)8(4,5)6;1-5(2,3)4;;;;;;;;;;;;;;/h1-8H3;2*1-6H3;1-4H3;14*1H4. The molecule has 0 saturated heterocycles. The van der Waals surface area contributed by atoms with Gasteiger partial charge in [-0.05, 0) is 0 Å². The van der Waals surface area contributed by atoms with E-state index in [-0.39, 0.29) is 104 Å². The lowest BCUT2D eigenvalue weighted by Gasteiger charge is -2.45. The minimum absolute atomic E-state index is 0. The Balaban J connectivity index is -0.0000000132. The second-order valence-electron chi connectivity index (χ2n) is 18.1. The van der Waals surface area contributed by atoms with Crippen LogP contribution >= 0.6 is 0 Å². The van der Waals surface area contributed by atoms with Crippen LogP contribution in [0.1, 0.15) is 104 Å². The summed E-state index contributed by atoms with van der Waals surface area (Å²) >= 11 is 0. The predicted molar refractivity (Wildman–Crippen MR) is 281 cm³/mol. The molecule has 0 aromatic heterocycles. The molecule has 46 heavy (non-hydrogen) atoms. The molecular formula is C38H128Si8. The Hall–Kier alpha value is 1.74. The second-order valence-corrected chi connectivity index (χ2v) is 90.4. The molecule has 0 spiro atoms. The van der Waals surface area contributed by atoms with Crippen LogP contribution in [0.3, 0.4) is 0 Å². The molecule has 0 aromatic carbocycles. The van der Waals surface area contributed by atoms with E-state index in [2.05, 4.69) is 157 Å². The van der Waals surface area contributed by atoms with Crippen molar-refractivity contribution in [1.29, 1.82) is 0 Å². The van der Waals surface area contributed by atoms with Crippen molar-refractivity contribution >= 4 is 60.7 Å². The van der Waals surface area contributed by atoms with Gasteiger partial charge in [-0.25, -0.2) is 0 Å². The lowest BCUT2D eigenvalue weighted by Crippen LogP contribution is -2.67. The molecule has 0 aliphatic rings. The molecule has 0 aromatic rings. The van der Waals surface area contributed by atoms with Crippen molar-refractivity contribution in [2.75, 3.05) is 0 Å². The maximum Gasteiger partial charge on any atom is 0.0411 e. The number of rotatable bonds is 4. The largest absolute Gasteiger partial charge is 0.0776 e. The van der Waals surface area contributed by atoms with E-state index in [0.717, 1.165) is 0 Å². The van der Waals surface area contributed by atoms with E-state index in [4.69, 9.17) is 0 Å². The second kappa shape index (κ2) is 39.5. The summed E-state index contributed by atoms with van der Waals surface area (Å²) in [5, 5.41) is 0. The summed E-state index contributed by atoms with van der Waals surface area (Å²) in [6, 6.07) is 0. The summed E-state index contributed by atoms with van der Waals surface area (Å²) in [6.45, 7) is 59.5. The van der Waals surface area contributed by atoms with Crippen molar-refractivity contribution in [3.8, 4) is 0 Å². The molecule has 0 radical (unpaired) electrons. The van der Waals surface area contributed by atoms with E-state index in [9.17, 15) is 0 Å². The third-order valence-electron chi connectivity index (χ3n) is 8.25. The van der Waals surface area contributed by atoms with Gasteiger partial charge in [0.25, 0.3) is 0 Å². The van der Waals surface area contributed by atoms with E-state index >= 15 is 0 Å². The van der Waals surface area contributed by atoms with Gasteiger partial charge in [0.15, 0.2) is 0 Å². The van der Waals surface area contributed by atoms with Crippen LogP contribution in [0.15, 0.2) is 0 Å². The van der Waals surface area contributed by atoms with E-state index in [0.29, 0.717) is 0 Å². The third kappa shape index (κ3) is 64.3. The predicted octanol–water partition coefficient (Wildman–Crippen LogP) is 19.9. The average Bonchev–Trinajstić information content (AvgIpc) is 2.29. The zero-order chi connectivity index (χ0) is 28.0. The first-order chi connectivity index (χ1) is 13.0. The molecule has 0 fully saturated rings. The summed E-state index contributed by atoms with van der Waals surface area (Å²) in [4.78, 5) is 0. The molecule has 0 bridgehead atoms. The Morgan fingerprint density at radius 3 is 0.217 bits per heavy atom. The van der Waals surface area contributed by atoms with Crippen LogP contribution in [0.25, 0.3) is 0 Å². The molecule has 0 atom stereocenters. The molecule has 0 nitrogen and oxygen atoms in total. The van der Waals surface area contributed by atoms with Gasteiger partial charge in [-0.1, -0.05) is 261 Å². The molecule has 0 aliphatic heterocycles. The van der Waals surface area contributed by atoms with Gasteiger partial charge >= 0.3 is 0 Å². The minimum atomic E-state index is -0.829. The first-order valence-electron chi connectivity index (χ1n) is 13.0. The lowest BCUT2D eigenvalue weighted by molar-refractivity contribution is 1.71. The Kier molecular flexibility index (Phi) is 101. The maximum absolute atomic E-state index is 2.62. The Morgan fingerprint density at radius 2 is 0.217 bits per heavy atom. The number of hydrogen-bond donors (Lipinski definition) is 0. The summed E-state index contributed by atoms with van der Waals surface area (Å²) in [6.07, 6.45) is 0. The molecule has 0 N–H and O–H groups in total. The molecular weight excluding hydrogens is 681 g/mol. The fourth-order valence-corrected chi connectivity index (χ4v) is 30.4. The maximum atomic E-state index is 2.62. The van der Waals surface area contributed by atoms with Crippen LogP contribution in [-0.4, -0.2) is 60.7 Å². The topological polar surface area (TPSA) is 0 Å². The fourth-order valence-electron chi connectivity index (χ4n) is 1.12. The Bertz CT molecular complexity index is 426. The lowest BCUT2D eigenvalue weighted by atomic mass is 11.8. The summed E-state index contributed by atoms with van der Waals surface area (Å²) in [7, 11) is -5.96. The summed E-state index contributed by atoms with van der Waals surface area (Å²) < 4.78 is 0. The van der Waals surface area contributed by atoms with Crippen molar-refractivity contribution in [2.45, 2.75) is 261 Å². The van der Waals surface area contributed by atoms with Crippen molar-refractivity contribution in [2.24, 2.45) is 0 Å². The first kappa shape index (κ1) is 118. The van der Waals surface area contributed by atoms with Gasteiger partial charge in [0.2, 0.25) is 0 Å². The van der Waals surface area contributed by atoms with Gasteiger partial charge in [-0.2, -0.15) is 0 Å². The molecule has 0 unspecified atom stereocenters.